The zero-order valence-corrected chi connectivity index (χ0v) is 21.1. The third-order valence-electron chi connectivity index (χ3n) is 6.98. The van der Waals surface area contributed by atoms with Crippen LogP contribution in [0.25, 0.3) is 0 Å². The number of carbonyl (C=O) groups excluding carboxylic acids is 3. The zero-order valence-electron chi connectivity index (χ0n) is 19.5. The number of esters is 1. The SMILES string of the molecule is C=CCN(C(=O)C1N([C@@H](CC)CO)C(=O)[C@@H]2[C@H](C(=O)OCC)[C@H]3OC12CC3Br)C(C)(C)C. The number of ether oxygens (including phenoxy) is 2. The minimum atomic E-state index is -1.16. The zero-order chi connectivity index (χ0) is 24.0. The highest BCUT2D eigenvalue weighted by Crippen LogP contribution is 2.60. The summed E-state index contributed by atoms with van der Waals surface area (Å²) in [6.07, 6.45) is 2.00. The number of alkyl halides is 1. The average Bonchev–Trinajstić information content (AvgIpc) is 3.30. The van der Waals surface area contributed by atoms with Crippen molar-refractivity contribution in [3.05, 3.63) is 12.7 Å². The third-order valence-corrected chi connectivity index (χ3v) is 7.83. The number of rotatable bonds is 8. The Kier molecular flexibility index (Phi) is 7.13. The summed E-state index contributed by atoms with van der Waals surface area (Å²) >= 11 is 3.63. The van der Waals surface area contributed by atoms with Crippen LogP contribution in [0.4, 0.5) is 0 Å². The minimum Gasteiger partial charge on any atom is -0.466 e. The molecule has 3 fully saturated rings. The summed E-state index contributed by atoms with van der Waals surface area (Å²) in [7, 11) is 0. The molecule has 3 aliphatic heterocycles. The van der Waals surface area contributed by atoms with Crippen LogP contribution in [0.15, 0.2) is 12.7 Å². The second kappa shape index (κ2) is 9.06. The van der Waals surface area contributed by atoms with E-state index in [9.17, 15) is 19.5 Å². The van der Waals surface area contributed by atoms with E-state index in [0.717, 1.165) is 0 Å². The van der Waals surface area contributed by atoms with Gasteiger partial charge in [0, 0.05) is 16.9 Å². The Hall–Kier alpha value is -1.45. The highest BCUT2D eigenvalue weighted by Gasteiger charge is 2.77. The molecule has 0 aliphatic carbocycles. The number of likely N-dealkylation sites (tertiary alicyclic amines) is 1. The smallest absolute Gasteiger partial charge is 0.312 e. The molecule has 3 aliphatic rings. The van der Waals surface area contributed by atoms with Crippen LogP contribution in [-0.2, 0) is 23.9 Å². The Morgan fingerprint density at radius 3 is 2.59 bits per heavy atom. The average molecular weight is 515 g/mol. The van der Waals surface area contributed by atoms with E-state index in [1.165, 1.54) is 4.90 Å². The number of nitrogens with zero attached hydrogens (tertiary/aromatic N) is 2. The van der Waals surface area contributed by atoms with Crippen molar-refractivity contribution >= 4 is 33.7 Å². The van der Waals surface area contributed by atoms with E-state index in [0.29, 0.717) is 19.4 Å². The summed E-state index contributed by atoms with van der Waals surface area (Å²) < 4.78 is 11.7. The molecule has 3 unspecified atom stereocenters. The molecule has 180 valence electrons. The van der Waals surface area contributed by atoms with Gasteiger partial charge in [0.15, 0.2) is 0 Å². The third kappa shape index (κ3) is 3.70. The predicted molar refractivity (Wildman–Crippen MR) is 122 cm³/mol. The number of halogens is 1. The maximum absolute atomic E-state index is 14.1. The van der Waals surface area contributed by atoms with E-state index < -0.39 is 47.1 Å². The van der Waals surface area contributed by atoms with Crippen molar-refractivity contribution in [3.8, 4) is 0 Å². The highest BCUT2D eigenvalue weighted by molar-refractivity contribution is 9.09. The molecule has 3 heterocycles. The van der Waals surface area contributed by atoms with Crippen molar-refractivity contribution in [1.29, 1.82) is 0 Å². The van der Waals surface area contributed by atoms with Gasteiger partial charge in [0.2, 0.25) is 11.8 Å². The molecule has 1 spiro atoms. The quantitative estimate of drug-likeness (QED) is 0.301. The number of hydrogen-bond acceptors (Lipinski definition) is 6. The molecule has 0 aromatic heterocycles. The number of aliphatic hydroxyl groups excluding tert-OH is 1. The molecule has 32 heavy (non-hydrogen) atoms. The van der Waals surface area contributed by atoms with Gasteiger partial charge < -0.3 is 24.4 Å². The first kappa shape index (κ1) is 25.2. The normalized spacial score (nSPS) is 34.4. The Morgan fingerprint density at radius 2 is 2.09 bits per heavy atom. The fourth-order valence-electron chi connectivity index (χ4n) is 5.63. The van der Waals surface area contributed by atoms with Crippen LogP contribution in [0.2, 0.25) is 0 Å². The van der Waals surface area contributed by atoms with E-state index in [-0.39, 0.29) is 29.9 Å². The van der Waals surface area contributed by atoms with Crippen molar-refractivity contribution in [3.63, 3.8) is 0 Å². The maximum atomic E-state index is 14.1. The van der Waals surface area contributed by atoms with Gasteiger partial charge in [-0.3, -0.25) is 14.4 Å². The fourth-order valence-corrected chi connectivity index (χ4v) is 6.58. The summed E-state index contributed by atoms with van der Waals surface area (Å²) in [6, 6.07) is -1.50. The molecule has 1 N–H and O–H groups in total. The second-order valence-corrected chi connectivity index (χ2v) is 11.0. The molecule has 2 bridgehead atoms. The first-order valence-electron chi connectivity index (χ1n) is 11.3. The summed E-state index contributed by atoms with van der Waals surface area (Å²) in [6.45, 7) is 13.4. The molecule has 9 heteroatoms. The minimum absolute atomic E-state index is 0.187. The van der Waals surface area contributed by atoms with Crippen LogP contribution in [0.5, 0.6) is 0 Å². The topological polar surface area (TPSA) is 96.4 Å². The highest BCUT2D eigenvalue weighted by atomic mass is 79.9. The lowest BCUT2D eigenvalue weighted by Gasteiger charge is -2.43. The maximum Gasteiger partial charge on any atom is 0.312 e. The van der Waals surface area contributed by atoms with Gasteiger partial charge >= 0.3 is 5.97 Å². The predicted octanol–water partition coefficient (Wildman–Crippen LogP) is 1.88. The standard InChI is InChI=1S/C23H35BrN2O6/c1-7-10-25(22(4,5)6)20(29)18-23-11-14(24)17(32-23)15(21(30)31-9-3)16(23)19(28)26(18)13(8-2)12-27/h7,13-18,27H,1,8-12H2,2-6H3/t13-,14?,15-,16-,17-,18?,23?/m0/s1. The number of amides is 2. The molecule has 8 nitrogen and oxygen atoms in total. The number of aliphatic hydroxyl groups is 1. The van der Waals surface area contributed by atoms with Gasteiger partial charge in [0.1, 0.15) is 11.6 Å². The lowest BCUT2D eigenvalue weighted by Crippen LogP contribution is -2.61. The first-order chi connectivity index (χ1) is 15.0. The summed E-state index contributed by atoms with van der Waals surface area (Å²) in [5.41, 5.74) is -1.68. The molecule has 0 saturated carbocycles. The van der Waals surface area contributed by atoms with Crippen LogP contribution in [0.1, 0.15) is 47.5 Å². The van der Waals surface area contributed by atoms with Crippen LogP contribution >= 0.6 is 15.9 Å². The van der Waals surface area contributed by atoms with E-state index in [1.807, 2.05) is 27.7 Å². The van der Waals surface area contributed by atoms with Crippen molar-refractivity contribution < 1.29 is 29.0 Å². The molecule has 7 atom stereocenters. The van der Waals surface area contributed by atoms with E-state index >= 15 is 0 Å². The van der Waals surface area contributed by atoms with Crippen molar-refractivity contribution in [2.24, 2.45) is 11.8 Å². The molecule has 0 radical (unpaired) electrons. The van der Waals surface area contributed by atoms with E-state index in [1.54, 1.807) is 17.9 Å². The fraction of sp³-hybridized carbons (Fsp3) is 0.783. The Morgan fingerprint density at radius 1 is 1.44 bits per heavy atom. The molecular formula is C23H35BrN2O6. The Labute approximate surface area is 198 Å². The van der Waals surface area contributed by atoms with Gasteiger partial charge in [-0.2, -0.15) is 0 Å². The molecule has 0 aromatic carbocycles. The van der Waals surface area contributed by atoms with Gasteiger partial charge in [-0.05, 0) is 40.5 Å². The molecule has 3 rings (SSSR count). The van der Waals surface area contributed by atoms with Crippen LogP contribution in [-0.4, -0.2) is 86.6 Å². The second-order valence-electron chi connectivity index (χ2n) is 9.81. The number of carbonyl (C=O) groups is 3. The first-order valence-corrected chi connectivity index (χ1v) is 12.3. The molecule has 2 amide bonds. The van der Waals surface area contributed by atoms with Gasteiger partial charge in [-0.1, -0.05) is 28.9 Å². The van der Waals surface area contributed by atoms with Crippen molar-refractivity contribution in [1.82, 2.24) is 9.80 Å². The van der Waals surface area contributed by atoms with Gasteiger partial charge in [-0.15, -0.1) is 6.58 Å². The summed E-state index contributed by atoms with van der Waals surface area (Å²) in [5, 5.41) is 10.1. The van der Waals surface area contributed by atoms with Crippen LogP contribution in [0, 0.1) is 11.8 Å². The van der Waals surface area contributed by atoms with Gasteiger partial charge in [0.25, 0.3) is 0 Å². The van der Waals surface area contributed by atoms with Gasteiger partial charge in [0.05, 0.1) is 37.2 Å². The lowest BCUT2D eigenvalue weighted by molar-refractivity contribution is -0.157. The molecule has 0 aromatic rings. The summed E-state index contributed by atoms with van der Waals surface area (Å²) in [5.74, 6) is -2.67. The van der Waals surface area contributed by atoms with Crippen LogP contribution < -0.4 is 0 Å². The lowest BCUT2D eigenvalue weighted by atomic mass is 9.70. The van der Waals surface area contributed by atoms with Crippen molar-refractivity contribution in [2.75, 3.05) is 19.8 Å². The monoisotopic (exact) mass is 514 g/mol. The van der Waals surface area contributed by atoms with E-state index in [4.69, 9.17) is 9.47 Å². The van der Waals surface area contributed by atoms with Gasteiger partial charge in [-0.25, -0.2) is 0 Å². The van der Waals surface area contributed by atoms with Crippen LogP contribution in [0.3, 0.4) is 0 Å². The number of fused-ring (bicyclic) bond motifs is 1. The number of hydrogen-bond donors (Lipinski definition) is 1. The summed E-state index contributed by atoms with van der Waals surface area (Å²) in [4.78, 5) is 43.8. The van der Waals surface area contributed by atoms with Crippen molar-refractivity contribution in [2.45, 2.75) is 81.6 Å². The molecular weight excluding hydrogens is 480 g/mol. The Bertz CT molecular complexity index is 779. The Balaban J connectivity index is 2.15. The van der Waals surface area contributed by atoms with E-state index in [2.05, 4.69) is 22.5 Å². The molecule has 3 saturated heterocycles. The largest absolute Gasteiger partial charge is 0.466 e.